The highest BCUT2D eigenvalue weighted by molar-refractivity contribution is 5.86. The van der Waals surface area contributed by atoms with E-state index in [0.29, 0.717) is 6.42 Å². The van der Waals surface area contributed by atoms with Crippen LogP contribution in [0.1, 0.15) is 32.1 Å². The molecular weight excluding hydrogens is 260 g/mol. The Morgan fingerprint density at radius 3 is 2.58 bits per heavy atom. The fourth-order valence-corrected chi connectivity index (χ4v) is 2.91. The number of carboxylic acid groups (broad SMARTS) is 1. The second-order valence-electron chi connectivity index (χ2n) is 5.38. The van der Waals surface area contributed by atoms with Gasteiger partial charge in [-0.15, -0.1) is 0 Å². The minimum Gasteiger partial charge on any atom is -0.480 e. The summed E-state index contributed by atoms with van der Waals surface area (Å²) in [5, 5.41) is 18.5. The van der Waals surface area contributed by atoms with Crippen molar-refractivity contribution in [2.75, 3.05) is 6.54 Å². The molecule has 0 bridgehead atoms. The van der Waals surface area contributed by atoms with E-state index >= 15 is 0 Å². The van der Waals surface area contributed by atoms with E-state index in [4.69, 9.17) is 5.11 Å². The number of likely N-dealkylation sites (tertiary alicyclic amines) is 1. The second kappa shape index (κ2) is 5.03. The number of alkyl halides is 2. The van der Waals surface area contributed by atoms with Gasteiger partial charge in [-0.2, -0.15) is 0 Å². The van der Waals surface area contributed by atoms with E-state index < -0.39 is 42.3 Å². The summed E-state index contributed by atoms with van der Waals surface area (Å²) in [5.41, 5.74) is 0. The van der Waals surface area contributed by atoms with Crippen molar-refractivity contribution in [3.05, 3.63) is 0 Å². The molecule has 2 fully saturated rings. The third-order valence-electron chi connectivity index (χ3n) is 3.84. The first-order chi connectivity index (χ1) is 8.80. The van der Waals surface area contributed by atoms with Gasteiger partial charge in [0.05, 0.1) is 6.10 Å². The molecule has 0 aromatic heterocycles. The Morgan fingerprint density at radius 1 is 1.32 bits per heavy atom. The average molecular weight is 277 g/mol. The van der Waals surface area contributed by atoms with Crippen LogP contribution in [0.2, 0.25) is 0 Å². The number of nitrogens with zero attached hydrogens (tertiary/aromatic N) is 1. The van der Waals surface area contributed by atoms with Gasteiger partial charge in [-0.05, 0) is 12.8 Å². The molecule has 5 nitrogen and oxygen atoms in total. The van der Waals surface area contributed by atoms with Gasteiger partial charge in [0.2, 0.25) is 11.8 Å². The Morgan fingerprint density at radius 2 is 2.00 bits per heavy atom. The lowest BCUT2D eigenvalue weighted by Gasteiger charge is -2.32. The number of amides is 1. The maximum atomic E-state index is 13.3. The first-order valence-corrected chi connectivity index (χ1v) is 6.39. The first kappa shape index (κ1) is 14.2. The van der Waals surface area contributed by atoms with Crippen molar-refractivity contribution >= 4 is 11.9 Å². The molecule has 2 aliphatic rings. The van der Waals surface area contributed by atoms with Crippen LogP contribution in [-0.2, 0) is 9.59 Å². The molecule has 1 saturated carbocycles. The fraction of sp³-hybridized carbons (Fsp3) is 0.833. The molecule has 1 heterocycles. The zero-order chi connectivity index (χ0) is 14.2. The minimum absolute atomic E-state index is 0.0375. The molecule has 3 atom stereocenters. The molecule has 19 heavy (non-hydrogen) atoms. The average Bonchev–Trinajstić information content (AvgIpc) is 2.69. The summed E-state index contributed by atoms with van der Waals surface area (Å²) in [7, 11) is 0. The predicted octanol–water partition coefficient (Wildman–Crippen LogP) is 0.858. The second-order valence-corrected chi connectivity index (χ2v) is 5.38. The number of carboxylic acids is 1. The zero-order valence-corrected chi connectivity index (χ0v) is 10.4. The van der Waals surface area contributed by atoms with Gasteiger partial charge in [-0.1, -0.05) is 0 Å². The van der Waals surface area contributed by atoms with E-state index in [1.165, 1.54) is 0 Å². The lowest BCUT2D eigenvalue weighted by molar-refractivity contribution is -0.153. The van der Waals surface area contributed by atoms with Crippen LogP contribution in [0.15, 0.2) is 0 Å². The normalized spacial score (nSPS) is 34.3. The van der Waals surface area contributed by atoms with Crippen molar-refractivity contribution in [2.24, 2.45) is 5.92 Å². The number of halogens is 2. The number of aliphatic hydroxyl groups is 1. The SMILES string of the molecule is O=C(O)[C@@H]1CC(O)CN1C(=O)C1CCCC(F)(F)C1. The van der Waals surface area contributed by atoms with E-state index in [0.717, 1.165) is 4.90 Å². The van der Waals surface area contributed by atoms with Crippen LogP contribution in [0.25, 0.3) is 0 Å². The summed E-state index contributed by atoms with van der Waals surface area (Å²) in [5.74, 6) is -5.46. The van der Waals surface area contributed by atoms with Gasteiger partial charge in [-0.3, -0.25) is 4.79 Å². The summed E-state index contributed by atoms with van der Waals surface area (Å²) in [4.78, 5) is 24.2. The van der Waals surface area contributed by atoms with E-state index in [9.17, 15) is 23.5 Å². The summed E-state index contributed by atoms with van der Waals surface area (Å²) in [6.07, 6.45) is -1.06. The van der Waals surface area contributed by atoms with Crippen LogP contribution in [0, 0.1) is 5.92 Å². The topological polar surface area (TPSA) is 77.8 Å². The van der Waals surface area contributed by atoms with Crippen molar-refractivity contribution in [2.45, 2.75) is 50.2 Å². The van der Waals surface area contributed by atoms with Crippen molar-refractivity contribution in [1.82, 2.24) is 4.90 Å². The van der Waals surface area contributed by atoms with Crippen LogP contribution in [0.4, 0.5) is 8.78 Å². The first-order valence-electron chi connectivity index (χ1n) is 6.39. The molecule has 0 radical (unpaired) electrons. The van der Waals surface area contributed by atoms with Crippen molar-refractivity contribution < 1.29 is 28.6 Å². The number of aliphatic hydroxyl groups excluding tert-OH is 1. The summed E-state index contributed by atoms with van der Waals surface area (Å²) < 4.78 is 26.6. The summed E-state index contributed by atoms with van der Waals surface area (Å²) >= 11 is 0. The van der Waals surface area contributed by atoms with Gasteiger partial charge in [0, 0.05) is 31.7 Å². The van der Waals surface area contributed by atoms with Gasteiger partial charge < -0.3 is 15.1 Å². The lowest BCUT2D eigenvalue weighted by Crippen LogP contribution is -2.45. The van der Waals surface area contributed by atoms with Crippen molar-refractivity contribution in [1.29, 1.82) is 0 Å². The van der Waals surface area contributed by atoms with Gasteiger partial charge in [0.1, 0.15) is 6.04 Å². The third-order valence-corrected chi connectivity index (χ3v) is 3.84. The van der Waals surface area contributed by atoms with Crippen molar-refractivity contribution in [3.63, 3.8) is 0 Å². The molecule has 1 aliphatic carbocycles. The molecule has 2 N–H and O–H groups in total. The van der Waals surface area contributed by atoms with Crippen LogP contribution in [-0.4, -0.2) is 51.6 Å². The van der Waals surface area contributed by atoms with Crippen LogP contribution in [0.5, 0.6) is 0 Å². The maximum Gasteiger partial charge on any atom is 0.326 e. The molecule has 1 amide bonds. The summed E-state index contributed by atoms with van der Waals surface area (Å²) in [6, 6.07) is -1.10. The molecule has 108 valence electrons. The highest BCUT2D eigenvalue weighted by Gasteiger charge is 2.45. The molecule has 0 aromatic carbocycles. The molecule has 7 heteroatoms. The highest BCUT2D eigenvalue weighted by atomic mass is 19.3. The van der Waals surface area contributed by atoms with Gasteiger partial charge in [0.25, 0.3) is 0 Å². The van der Waals surface area contributed by atoms with Crippen LogP contribution >= 0.6 is 0 Å². The molecule has 0 spiro atoms. The largest absolute Gasteiger partial charge is 0.480 e. The minimum atomic E-state index is -2.85. The maximum absolute atomic E-state index is 13.3. The number of hydrogen-bond acceptors (Lipinski definition) is 3. The number of rotatable bonds is 2. The molecule has 0 aromatic rings. The molecule has 2 unspecified atom stereocenters. The van der Waals surface area contributed by atoms with Gasteiger partial charge >= 0.3 is 5.97 Å². The molecule has 2 rings (SSSR count). The quantitative estimate of drug-likeness (QED) is 0.784. The highest BCUT2D eigenvalue weighted by Crippen LogP contribution is 2.38. The van der Waals surface area contributed by atoms with E-state index in [1.807, 2.05) is 0 Å². The predicted molar refractivity (Wildman–Crippen MR) is 60.7 cm³/mol. The van der Waals surface area contributed by atoms with Crippen LogP contribution in [0.3, 0.4) is 0 Å². The number of β-amino-alcohol motifs (C(OH)–C–C–N with tert-alkyl or cyclic N) is 1. The number of aliphatic carboxylic acids is 1. The monoisotopic (exact) mass is 277 g/mol. The molecule has 1 aliphatic heterocycles. The number of hydrogen-bond donors (Lipinski definition) is 2. The Kier molecular flexibility index (Phi) is 3.75. The standard InChI is InChI=1S/C12H17F2NO4/c13-12(14)3-1-2-7(5-12)10(17)15-6-8(16)4-9(15)11(18)19/h7-9,16H,1-6H2,(H,18,19)/t7?,8?,9-/m0/s1. The smallest absolute Gasteiger partial charge is 0.326 e. The number of carbonyl (C=O) groups is 2. The Bertz CT molecular complexity index is 388. The summed E-state index contributed by atoms with van der Waals surface area (Å²) in [6.45, 7) is -0.0854. The van der Waals surface area contributed by atoms with E-state index in [1.54, 1.807) is 0 Å². The Balaban J connectivity index is 2.08. The lowest BCUT2D eigenvalue weighted by atomic mass is 9.85. The van der Waals surface area contributed by atoms with Crippen molar-refractivity contribution in [3.8, 4) is 0 Å². The fourth-order valence-electron chi connectivity index (χ4n) is 2.91. The Labute approximate surface area is 109 Å². The van der Waals surface area contributed by atoms with Gasteiger partial charge in [0.15, 0.2) is 0 Å². The third kappa shape index (κ3) is 3.02. The van der Waals surface area contributed by atoms with E-state index in [2.05, 4.69) is 0 Å². The number of carbonyl (C=O) groups excluding carboxylic acids is 1. The van der Waals surface area contributed by atoms with E-state index in [-0.39, 0.29) is 25.8 Å². The molecule has 1 saturated heterocycles. The Hall–Kier alpha value is -1.24. The van der Waals surface area contributed by atoms with Gasteiger partial charge in [-0.25, -0.2) is 13.6 Å². The molecular formula is C12H17F2NO4. The zero-order valence-electron chi connectivity index (χ0n) is 10.4. The van der Waals surface area contributed by atoms with Crippen LogP contribution < -0.4 is 0 Å².